The van der Waals surface area contributed by atoms with Crippen LogP contribution >= 0.6 is 0 Å². The van der Waals surface area contributed by atoms with Crippen molar-refractivity contribution >= 4 is 5.97 Å². The highest BCUT2D eigenvalue weighted by atomic mass is 16.4. The zero-order chi connectivity index (χ0) is 13.8. The Bertz CT molecular complexity index is 395. The Labute approximate surface area is 109 Å². The molecule has 3 heteroatoms. The molecule has 3 nitrogen and oxygen atoms in total. The van der Waals surface area contributed by atoms with Gasteiger partial charge in [0.25, 0.3) is 0 Å². The minimum atomic E-state index is -1.02. The normalized spacial score (nSPS) is 14.5. The highest BCUT2D eigenvalue weighted by Gasteiger charge is 2.36. The first kappa shape index (κ1) is 14.7. The summed E-state index contributed by atoms with van der Waals surface area (Å²) >= 11 is 0. The molecule has 0 bridgehead atoms. The van der Waals surface area contributed by atoms with Crippen LogP contribution in [0.5, 0.6) is 0 Å². The van der Waals surface area contributed by atoms with E-state index in [9.17, 15) is 9.90 Å². The first-order chi connectivity index (χ1) is 8.43. The third-order valence-corrected chi connectivity index (χ3v) is 3.54. The van der Waals surface area contributed by atoms with Crippen LogP contribution < -0.4 is 5.32 Å². The third kappa shape index (κ3) is 3.10. The molecule has 1 atom stereocenters. The molecule has 1 rings (SSSR count). The van der Waals surface area contributed by atoms with Gasteiger partial charge in [0.2, 0.25) is 0 Å². The smallest absolute Gasteiger partial charge is 0.328 e. The monoisotopic (exact) mass is 249 g/mol. The third-order valence-electron chi connectivity index (χ3n) is 3.54. The number of aryl methyl sites for hydroxylation is 1. The Hall–Kier alpha value is -1.35. The van der Waals surface area contributed by atoms with E-state index >= 15 is 0 Å². The van der Waals surface area contributed by atoms with Gasteiger partial charge in [0.1, 0.15) is 5.54 Å². The SMILES string of the molecule is CCC(CC)NC(C)(C(=O)O)c1ccc(C)cc1. The number of hydrogen-bond donors (Lipinski definition) is 2. The van der Waals surface area contributed by atoms with E-state index in [-0.39, 0.29) is 6.04 Å². The van der Waals surface area contributed by atoms with Gasteiger partial charge in [0, 0.05) is 6.04 Å². The predicted octanol–water partition coefficient (Wildman–Crippen LogP) is 3.07. The largest absolute Gasteiger partial charge is 0.480 e. The highest BCUT2D eigenvalue weighted by Crippen LogP contribution is 2.23. The fraction of sp³-hybridized carbons (Fsp3) is 0.533. The van der Waals surface area contributed by atoms with Gasteiger partial charge in [0.05, 0.1) is 0 Å². The van der Waals surface area contributed by atoms with Gasteiger partial charge in [0.15, 0.2) is 0 Å². The van der Waals surface area contributed by atoms with Gasteiger partial charge >= 0.3 is 5.97 Å². The summed E-state index contributed by atoms with van der Waals surface area (Å²) in [5.74, 6) is -0.835. The van der Waals surface area contributed by atoms with Gasteiger partial charge in [-0.05, 0) is 32.3 Å². The summed E-state index contributed by atoms with van der Waals surface area (Å²) < 4.78 is 0. The molecule has 0 spiro atoms. The second-order valence-electron chi connectivity index (χ2n) is 4.95. The molecule has 0 radical (unpaired) electrons. The summed E-state index contributed by atoms with van der Waals surface area (Å²) in [4.78, 5) is 11.6. The summed E-state index contributed by atoms with van der Waals surface area (Å²) in [6.45, 7) is 7.87. The lowest BCUT2D eigenvalue weighted by molar-refractivity contribution is -0.145. The van der Waals surface area contributed by atoms with Gasteiger partial charge in [-0.3, -0.25) is 5.32 Å². The number of benzene rings is 1. The molecule has 0 saturated carbocycles. The van der Waals surface area contributed by atoms with Crippen LogP contribution in [0, 0.1) is 6.92 Å². The minimum Gasteiger partial charge on any atom is -0.480 e. The summed E-state index contributed by atoms with van der Waals surface area (Å²) in [5, 5.41) is 12.8. The van der Waals surface area contributed by atoms with Crippen molar-refractivity contribution < 1.29 is 9.90 Å². The molecule has 2 N–H and O–H groups in total. The van der Waals surface area contributed by atoms with Crippen molar-refractivity contribution in [1.29, 1.82) is 0 Å². The molecule has 0 amide bonds. The summed E-state index contributed by atoms with van der Waals surface area (Å²) in [6.07, 6.45) is 1.84. The van der Waals surface area contributed by atoms with Crippen LogP contribution in [-0.4, -0.2) is 17.1 Å². The number of carboxylic acids is 1. The topological polar surface area (TPSA) is 49.3 Å². The van der Waals surface area contributed by atoms with Crippen LogP contribution in [-0.2, 0) is 10.3 Å². The number of carbonyl (C=O) groups is 1. The highest BCUT2D eigenvalue weighted by molar-refractivity contribution is 5.80. The summed E-state index contributed by atoms with van der Waals surface area (Å²) in [5.41, 5.74) is 0.909. The Morgan fingerprint density at radius 2 is 1.78 bits per heavy atom. The van der Waals surface area contributed by atoms with Gasteiger partial charge in [-0.25, -0.2) is 4.79 Å². The first-order valence-corrected chi connectivity index (χ1v) is 6.52. The molecule has 1 aromatic rings. The van der Waals surface area contributed by atoms with E-state index < -0.39 is 11.5 Å². The molecule has 100 valence electrons. The molecule has 0 aliphatic rings. The molecule has 18 heavy (non-hydrogen) atoms. The molecule has 0 aliphatic carbocycles. The van der Waals surface area contributed by atoms with Crippen LogP contribution in [0.3, 0.4) is 0 Å². The fourth-order valence-corrected chi connectivity index (χ4v) is 2.06. The fourth-order valence-electron chi connectivity index (χ4n) is 2.06. The molecular weight excluding hydrogens is 226 g/mol. The van der Waals surface area contributed by atoms with E-state index in [4.69, 9.17) is 0 Å². The van der Waals surface area contributed by atoms with Gasteiger partial charge in [-0.2, -0.15) is 0 Å². The van der Waals surface area contributed by atoms with Crippen molar-refractivity contribution in [2.24, 2.45) is 0 Å². The lowest BCUT2D eigenvalue weighted by Crippen LogP contribution is -2.51. The molecule has 0 heterocycles. The number of carboxylic acid groups (broad SMARTS) is 1. The molecule has 1 aromatic carbocycles. The average Bonchev–Trinajstić information content (AvgIpc) is 2.36. The minimum absolute atomic E-state index is 0.215. The van der Waals surface area contributed by atoms with Crippen molar-refractivity contribution in [3.8, 4) is 0 Å². The number of nitrogens with one attached hydrogen (secondary N) is 1. The van der Waals surface area contributed by atoms with Gasteiger partial charge in [-0.15, -0.1) is 0 Å². The maximum absolute atomic E-state index is 11.6. The van der Waals surface area contributed by atoms with Crippen molar-refractivity contribution in [1.82, 2.24) is 5.32 Å². The van der Waals surface area contributed by atoms with Gasteiger partial charge < -0.3 is 5.11 Å². The van der Waals surface area contributed by atoms with E-state index in [0.29, 0.717) is 0 Å². The zero-order valence-corrected chi connectivity index (χ0v) is 11.7. The number of aliphatic carboxylic acids is 1. The molecule has 0 saturated heterocycles. The van der Waals surface area contributed by atoms with E-state index in [2.05, 4.69) is 19.2 Å². The van der Waals surface area contributed by atoms with Crippen molar-refractivity contribution in [3.63, 3.8) is 0 Å². The quantitative estimate of drug-likeness (QED) is 0.814. The zero-order valence-electron chi connectivity index (χ0n) is 11.7. The van der Waals surface area contributed by atoms with Crippen LogP contribution in [0.15, 0.2) is 24.3 Å². The number of rotatable bonds is 6. The van der Waals surface area contributed by atoms with Gasteiger partial charge in [-0.1, -0.05) is 43.7 Å². The van der Waals surface area contributed by atoms with E-state index in [1.54, 1.807) is 6.92 Å². The maximum atomic E-state index is 11.6. The predicted molar refractivity (Wildman–Crippen MR) is 73.7 cm³/mol. The Morgan fingerprint density at radius 1 is 1.28 bits per heavy atom. The Kier molecular flexibility index (Phi) is 4.91. The second kappa shape index (κ2) is 6.01. The van der Waals surface area contributed by atoms with Crippen LogP contribution in [0.1, 0.15) is 44.7 Å². The van der Waals surface area contributed by atoms with Crippen LogP contribution in [0.4, 0.5) is 0 Å². The second-order valence-corrected chi connectivity index (χ2v) is 4.95. The first-order valence-electron chi connectivity index (χ1n) is 6.52. The Morgan fingerprint density at radius 3 is 2.17 bits per heavy atom. The molecular formula is C15H23NO2. The summed E-state index contributed by atoms with van der Waals surface area (Å²) in [7, 11) is 0. The molecule has 0 aliphatic heterocycles. The van der Waals surface area contributed by atoms with E-state index in [1.165, 1.54) is 0 Å². The number of hydrogen-bond acceptors (Lipinski definition) is 2. The van der Waals surface area contributed by atoms with Crippen molar-refractivity contribution in [3.05, 3.63) is 35.4 Å². The molecule has 0 aromatic heterocycles. The standard InChI is InChI=1S/C15H23NO2/c1-5-13(6-2)16-15(4,14(17)18)12-9-7-11(3)8-10-12/h7-10,13,16H,5-6H2,1-4H3,(H,17,18). The lowest BCUT2D eigenvalue weighted by atomic mass is 9.90. The van der Waals surface area contributed by atoms with E-state index in [1.807, 2.05) is 31.2 Å². The average molecular weight is 249 g/mol. The van der Waals surface area contributed by atoms with Crippen LogP contribution in [0.25, 0.3) is 0 Å². The van der Waals surface area contributed by atoms with Crippen LogP contribution in [0.2, 0.25) is 0 Å². The van der Waals surface area contributed by atoms with Crippen molar-refractivity contribution in [2.45, 2.75) is 52.1 Å². The Balaban J connectivity index is 3.07. The maximum Gasteiger partial charge on any atom is 0.328 e. The summed E-state index contributed by atoms with van der Waals surface area (Å²) in [6, 6.07) is 7.89. The molecule has 0 fully saturated rings. The van der Waals surface area contributed by atoms with Crippen molar-refractivity contribution in [2.75, 3.05) is 0 Å². The lowest BCUT2D eigenvalue weighted by Gasteiger charge is -2.31. The van der Waals surface area contributed by atoms with E-state index in [0.717, 1.165) is 24.0 Å². The molecule has 1 unspecified atom stereocenters.